The van der Waals surface area contributed by atoms with Crippen molar-refractivity contribution in [2.24, 2.45) is 0 Å². The summed E-state index contributed by atoms with van der Waals surface area (Å²) in [6.45, 7) is 3.03. The van der Waals surface area contributed by atoms with E-state index in [0.717, 1.165) is 37.2 Å². The first-order chi connectivity index (χ1) is 12.9. The highest BCUT2D eigenvalue weighted by Crippen LogP contribution is 2.37. The molecule has 2 rings (SSSR count). The van der Waals surface area contributed by atoms with Crippen LogP contribution in [0.3, 0.4) is 0 Å². The van der Waals surface area contributed by atoms with E-state index < -0.39 is 0 Å². The highest BCUT2D eigenvalue weighted by molar-refractivity contribution is 6.42. The van der Waals surface area contributed by atoms with Crippen LogP contribution >= 0.6 is 34.8 Å². The van der Waals surface area contributed by atoms with Crippen LogP contribution in [0.1, 0.15) is 17.5 Å². The zero-order valence-corrected chi connectivity index (χ0v) is 18.1. The van der Waals surface area contributed by atoms with Gasteiger partial charge in [0.1, 0.15) is 6.61 Å². The molecule has 1 N–H and O–H groups in total. The molecule has 0 aromatic heterocycles. The minimum Gasteiger partial charge on any atom is -0.493 e. The molecule has 7 heteroatoms. The third-order valence-electron chi connectivity index (χ3n) is 3.94. The van der Waals surface area contributed by atoms with Crippen molar-refractivity contribution in [2.45, 2.75) is 19.6 Å². The third-order valence-corrected chi connectivity index (χ3v) is 4.96. The van der Waals surface area contributed by atoms with Crippen LogP contribution in [0.2, 0.25) is 15.1 Å². The van der Waals surface area contributed by atoms with Gasteiger partial charge in [-0.1, -0.05) is 40.9 Å². The van der Waals surface area contributed by atoms with Gasteiger partial charge in [-0.25, -0.2) is 0 Å². The Kier molecular flexibility index (Phi) is 9.00. The number of hydrogen-bond donors (Lipinski definition) is 1. The topological polar surface area (TPSA) is 33.7 Å². The molecule has 27 heavy (non-hydrogen) atoms. The molecule has 0 unspecified atom stereocenters. The van der Waals surface area contributed by atoms with E-state index in [9.17, 15) is 0 Å². The Balaban J connectivity index is 1.99. The van der Waals surface area contributed by atoms with Crippen molar-refractivity contribution in [1.82, 2.24) is 10.2 Å². The summed E-state index contributed by atoms with van der Waals surface area (Å²) in [6, 6.07) is 9.21. The van der Waals surface area contributed by atoms with Crippen LogP contribution in [0.25, 0.3) is 0 Å². The predicted molar refractivity (Wildman–Crippen MR) is 114 cm³/mol. The highest BCUT2D eigenvalue weighted by atomic mass is 35.5. The van der Waals surface area contributed by atoms with Gasteiger partial charge in [0.05, 0.1) is 22.2 Å². The van der Waals surface area contributed by atoms with Gasteiger partial charge in [-0.15, -0.1) is 0 Å². The Hall–Kier alpha value is -1.17. The number of hydrogen-bond acceptors (Lipinski definition) is 4. The quantitative estimate of drug-likeness (QED) is 0.519. The van der Waals surface area contributed by atoms with Gasteiger partial charge < -0.3 is 19.7 Å². The van der Waals surface area contributed by atoms with E-state index >= 15 is 0 Å². The zero-order valence-electron chi connectivity index (χ0n) is 15.8. The molecule has 0 heterocycles. The molecule has 0 bridgehead atoms. The number of rotatable bonds is 10. The van der Waals surface area contributed by atoms with E-state index in [4.69, 9.17) is 44.3 Å². The Morgan fingerprint density at radius 1 is 0.963 bits per heavy atom. The maximum absolute atomic E-state index is 6.43. The van der Waals surface area contributed by atoms with Crippen LogP contribution in [0.15, 0.2) is 30.3 Å². The summed E-state index contributed by atoms with van der Waals surface area (Å²) in [7, 11) is 5.74. The van der Waals surface area contributed by atoms with E-state index in [1.807, 2.05) is 18.2 Å². The lowest BCUT2D eigenvalue weighted by Crippen LogP contribution is -2.21. The van der Waals surface area contributed by atoms with Gasteiger partial charge in [0.2, 0.25) is 0 Å². The first-order valence-electron chi connectivity index (χ1n) is 8.69. The van der Waals surface area contributed by atoms with Crippen LogP contribution in [0, 0.1) is 0 Å². The number of benzene rings is 2. The lowest BCUT2D eigenvalue weighted by atomic mass is 10.2. The molecular formula is C20H25Cl3N2O2. The standard InChI is InChI=1S/C20H25Cl3N2O2/c1-25(2)8-4-7-24-12-15-10-18(23)20(19(11-15)26-3)27-13-14-5-6-16(21)17(22)9-14/h5-6,9-11,24H,4,7-8,12-13H2,1-3H3. The Morgan fingerprint density at radius 3 is 2.37 bits per heavy atom. The first-order valence-corrected chi connectivity index (χ1v) is 9.82. The van der Waals surface area contributed by atoms with Crippen molar-refractivity contribution in [3.8, 4) is 11.5 Å². The molecular weight excluding hydrogens is 407 g/mol. The first kappa shape index (κ1) is 22.1. The van der Waals surface area contributed by atoms with Gasteiger partial charge in [-0.05, 0) is 69.0 Å². The van der Waals surface area contributed by atoms with E-state index in [0.29, 0.717) is 33.2 Å². The summed E-state index contributed by atoms with van der Waals surface area (Å²) < 4.78 is 11.3. The number of halogens is 3. The van der Waals surface area contributed by atoms with Crippen LogP contribution < -0.4 is 14.8 Å². The molecule has 0 saturated carbocycles. The molecule has 4 nitrogen and oxygen atoms in total. The molecule has 148 valence electrons. The number of methoxy groups -OCH3 is 1. The van der Waals surface area contributed by atoms with Crippen molar-refractivity contribution in [1.29, 1.82) is 0 Å². The largest absolute Gasteiger partial charge is 0.493 e. The molecule has 0 fully saturated rings. The Morgan fingerprint density at radius 2 is 1.70 bits per heavy atom. The number of ether oxygens (including phenoxy) is 2. The van der Waals surface area contributed by atoms with Gasteiger partial charge in [-0.3, -0.25) is 0 Å². The summed E-state index contributed by atoms with van der Waals surface area (Å²) in [5.41, 5.74) is 1.94. The van der Waals surface area contributed by atoms with Crippen molar-refractivity contribution in [3.63, 3.8) is 0 Å². The molecule has 0 aliphatic rings. The van der Waals surface area contributed by atoms with E-state index in [1.165, 1.54) is 0 Å². The van der Waals surface area contributed by atoms with Crippen LogP contribution in [0.5, 0.6) is 11.5 Å². The average molecular weight is 432 g/mol. The molecule has 0 saturated heterocycles. The van der Waals surface area contributed by atoms with Gasteiger partial charge in [0.25, 0.3) is 0 Å². The number of nitrogens with zero attached hydrogens (tertiary/aromatic N) is 1. The minimum atomic E-state index is 0.315. The van der Waals surface area contributed by atoms with E-state index in [1.54, 1.807) is 19.2 Å². The highest BCUT2D eigenvalue weighted by Gasteiger charge is 2.13. The third kappa shape index (κ3) is 7.05. The number of nitrogens with one attached hydrogen (secondary N) is 1. The monoisotopic (exact) mass is 430 g/mol. The lowest BCUT2D eigenvalue weighted by Gasteiger charge is -2.15. The van der Waals surface area contributed by atoms with Gasteiger partial charge in [0.15, 0.2) is 11.5 Å². The maximum Gasteiger partial charge on any atom is 0.180 e. The summed E-state index contributed by atoms with van der Waals surface area (Å²) in [5.74, 6) is 1.12. The summed E-state index contributed by atoms with van der Waals surface area (Å²) >= 11 is 18.4. The van der Waals surface area contributed by atoms with Gasteiger partial charge >= 0.3 is 0 Å². The molecule has 0 spiro atoms. The second kappa shape index (κ2) is 11.0. The lowest BCUT2D eigenvalue weighted by molar-refractivity contribution is 0.284. The SMILES string of the molecule is COc1cc(CNCCCN(C)C)cc(Cl)c1OCc1ccc(Cl)c(Cl)c1. The molecule has 2 aromatic rings. The van der Waals surface area contributed by atoms with Gasteiger partial charge in [0, 0.05) is 6.54 Å². The maximum atomic E-state index is 6.43. The van der Waals surface area contributed by atoms with Crippen molar-refractivity contribution in [2.75, 3.05) is 34.3 Å². The summed E-state index contributed by atoms with van der Waals surface area (Å²) in [6.07, 6.45) is 1.09. The Labute approximate surface area is 176 Å². The van der Waals surface area contributed by atoms with Crippen molar-refractivity contribution < 1.29 is 9.47 Å². The smallest absolute Gasteiger partial charge is 0.180 e. The normalized spacial score (nSPS) is 11.1. The summed E-state index contributed by atoms with van der Waals surface area (Å²) in [4.78, 5) is 2.17. The molecule has 0 atom stereocenters. The van der Waals surface area contributed by atoms with Crippen molar-refractivity contribution >= 4 is 34.8 Å². The van der Waals surface area contributed by atoms with E-state index in [2.05, 4.69) is 24.3 Å². The minimum absolute atomic E-state index is 0.315. The average Bonchev–Trinajstić information content (AvgIpc) is 2.62. The fraction of sp³-hybridized carbons (Fsp3) is 0.400. The summed E-state index contributed by atoms with van der Waals surface area (Å²) in [5, 5.41) is 4.93. The second-order valence-corrected chi connectivity index (χ2v) is 7.70. The predicted octanol–water partition coefficient (Wildman–Crippen LogP) is 5.28. The van der Waals surface area contributed by atoms with Crippen LogP contribution in [0.4, 0.5) is 0 Å². The molecule has 0 amide bonds. The van der Waals surface area contributed by atoms with Gasteiger partial charge in [-0.2, -0.15) is 0 Å². The fourth-order valence-electron chi connectivity index (χ4n) is 2.55. The molecule has 0 aliphatic heterocycles. The molecule has 0 radical (unpaired) electrons. The van der Waals surface area contributed by atoms with E-state index in [-0.39, 0.29) is 0 Å². The second-order valence-electron chi connectivity index (χ2n) is 6.48. The van der Waals surface area contributed by atoms with Crippen LogP contribution in [-0.4, -0.2) is 39.2 Å². The molecule has 0 aliphatic carbocycles. The van der Waals surface area contributed by atoms with Crippen molar-refractivity contribution in [3.05, 3.63) is 56.5 Å². The van der Waals surface area contributed by atoms with Crippen LogP contribution in [-0.2, 0) is 13.2 Å². The fourth-order valence-corrected chi connectivity index (χ4v) is 3.16. The molecule has 2 aromatic carbocycles. The Bertz CT molecular complexity index is 754. The zero-order chi connectivity index (χ0) is 19.8.